The Bertz CT molecular complexity index is 307. The lowest BCUT2D eigenvalue weighted by molar-refractivity contribution is -0.134. The molecule has 0 saturated heterocycles. The Morgan fingerprint density at radius 2 is 2.00 bits per heavy atom. The minimum Gasteiger partial charge on any atom is -0.385 e. The van der Waals surface area contributed by atoms with Gasteiger partial charge in [-0.05, 0) is 31.0 Å². The van der Waals surface area contributed by atoms with Gasteiger partial charge in [0, 0.05) is 18.7 Å². The Balaban J connectivity index is 2.26. The van der Waals surface area contributed by atoms with Gasteiger partial charge in [-0.25, -0.2) is 0 Å². The van der Waals surface area contributed by atoms with Gasteiger partial charge in [-0.3, -0.25) is 0 Å². The number of rotatable bonds is 4. The summed E-state index contributed by atoms with van der Waals surface area (Å²) >= 11 is 0. The van der Waals surface area contributed by atoms with Crippen LogP contribution < -0.4 is 5.32 Å². The van der Waals surface area contributed by atoms with Crippen LogP contribution in [0.5, 0.6) is 0 Å². The van der Waals surface area contributed by atoms with Crippen molar-refractivity contribution in [3.8, 4) is 0 Å². The molecule has 0 fully saturated rings. The molecule has 1 aromatic carbocycles. The maximum absolute atomic E-state index is 11.8. The van der Waals surface area contributed by atoms with E-state index in [-0.39, 0.29) is 6.42 Å². The number of halogens is 3. The summed E-state index contributed by atoms with van der Waals surface area (Å²) in [7, 11) is 0. The molecule has 4 heteroatoms. The van der Waals surface area contributed by atoms with Crippen LogP contribution in [0.2, 0.25) is 0 Å². The van der Waals surface area contributed by atoms with Crippen LogP contribution in [-0.2, 0) is 0 Å². The van der Waals surface area contributed by atoms with E-state index in [0.717, 1.165) is 11.3 Å². The van der Waals surface area contributed by atoms with Gasteiger partial charge in [-0.15, -0.1) is 0 Å². The first kappa shape index (κ1) is 11.9. The number of alkyl halides is 3. The van der Waals surface area contributed by atoms with Gasteiger partial charge in [0.05, 0.1) is 0 Å². The van der Waals surface area contributed by atoms with Gasteiger partial charge in [0.15, 0.2) is 0 Å². The minimum atomic E-state index is -4.05. The average molecular weight is 217 g/mol. The Morgan fingerprint density at radius 1 is 1.27 bits per heavy atom. The fourth-order valence-corrected chi connectivity index (χ4v) is 1.28. The molecule has 84 valence electrons. The first-order valence-corrected chi connectivity index (χ1v) is 4.85. The second kappa shape index (κ2) is 5.05. The van der Waals surface area contributed by atoms with Crippen LogP contribution in [0.4, 0.5) is 18.9 Å². The summed E-state index contributed by atoms with van der Waals surface area (Å²) in [6.45, 7) is 2.30. The van der Waals surface area contributed by atoms with E-state index in [2.05, 4.69) is 5.32 Å². The molecule has 0 radical (unpaired) electrons. The molecule has 0 spiro atoms. The molecule has 1 N–H and O–H groups in total. The van der Waals surface area contributed by atoms with Crippen LogP contribution in [-0.4, -0.2) is 12.7 Å². The normalized spacial score (nSPS) is 11.5. The van der Waals surface area contributed by atoms with Crippen molar-refractivity contribution in [1.29, 1.82) is 0 Å². The van der Waals surface area contributed by atoms with Gasteiger partial charge in [0.25, 0.3) is 0 Å². The fourth-order valence-electron chi connectivity index (χ4n) is 1.28. The van der Waals surface area contributed by atoms with Gasteiger partial charge in [-0.1, -0.05) is 12.1 Å². The zero-order valence-corrected chi connectivity index (χ0v) is 8.56. The standard InChI is InChI=1S/C11H14F3N/c1-9-4-2-5-10(8-9)15-7-3-6-11(12,13)14/h2,4-5,8,15H,3,6-7H2,1H3. The largest absolute Gasteiger partial charge is 0.389 e. The van der Waals surface area contributed by atoms with Crippen molar-refractivity contribution < 1.29 is 13.2 Å². The minimum absolute atomic E-state index is 0.109. The number of aryl methyl sites for hydroxylation is 1. The lowest BCUT2D eigenvalue weighted by atomic mass is 10.2. The van der Waals surface area contributed by atoms with Crippen molar-refractivity contribution in [3.05, 3.63) is 29.8 Å². The highest BCUT2D eigenvalue weighted by Crippen LogP contribution is 2.21. The van der Waals surface area contributed by atoms with Crippen LogP contribution in [0.25, 0.3) is 0 Å². The molecule has 1 aromatic rings. The van der Waals surface area contributed by atoms with E-state index in [1.54, 1.807) is 0 Å². The van der Waals surface area contributed by atoms with Gasteiger partial charge < -0.3 is 5.32 Å². The monoisotopic (exact) mass is 217 g/mol. The zero-order valence-electron chi connectivity index (χ0n) is 8.56. The Hall–Kier alpha value is -1.19. The molecule has 0 saturated carbocycles. The highest BCUT2D eigenvalue weighted by atomic mass is 19.4. The Kier molecular flexibility index (Phi) is 4.00. The van der Waals surface area contributed by atoms with Crippen molar-refractivity contribution in [2.75, 3.05) is 11.9 Å². The van der Waals surface area contributed by atoms with Crippen molar-refractivity contribution in [2.24, 2.45) is 0 Å². The van der Waals surface area contributed by atoms with E-state index in [9.17, 15) is 13.2 Å². The smallest absolute Gasteiger partial charge is 0.385 e. The molecule has 0 aliphatic rings. The number of benzene rings is 1. The van der Waals surface area contributed by atoms with Crippen molar-refractivity contribution >= 4 is 5.69 Å². The van der Waals surface area contributed by atoms with Crippen LogP contribution >= 0.6 is 0 Å². The molecule has 0 aromatic heterocycles. The number of anilines is 1. The van der Waals surface area contributed by atoms with Gasteiger partial charge in [0.2, 0.25) is 0 Å². The molecule has 0 unspecified atom stereocenters. The molecular weight excluding hydrogens is 203 g/mol. The summed E-state index contributed by atoms with van der Waals surface area (Å²) in [5.41, 5.74) is 1.97. The second-order valence-electron chi connectivity index (χ2n) is 3.51. The molecule has 0 bridgehead atoms. The number of hydrogen-bond acceptors (Lipinski definition) is 1. The average Bonchev–Trinajstić information content (AvgIpc) is 2.11. The molecule has 0 heterocycles. The maximum Gasteiger partial charge on any atom is 0.389 e. The predicted molar refractivity (Wildman–Crippen MR) is 55.0 cm³/mol. The number of hydrogen-bond donors (Lipinski definition) is 1. The molecule has 0 aliphatic heterocycles. The highest BCUT2D eigenvalue weighted by molar-refractivity contribution is 5.45. The van der Waals surface area contributed by atoms with E-state index in [1.165, 1.54) is 0 Å². The summed E-state index contributed by atoms with van der Waals surface area (Å²) in [6.07, 6.45) is -4.67. The summed E-state index contributed by atoms with van der Waals surface area (Å²) < 4.78 is 35.5. The maximum atomic E-state index is 11.8. The van der Waals surface area contributed by atoms with Crippen LogP contribution in [0.1, 0.15) is 18.4 Å². The van der Waals surface area contributed by atoms with Gasteiger partial charge in [0.1, 0.15) is 0 Å². The molecule has 15 heavy (non-hydrogen) atoms. The third kappa shape index (κ3) is 5.30. The van der Waals surface area contributed by atoms with E-state index >= 15 is 0 Å². The fraction of sp³-hybridized carbons (Fsp3) is 0.455. The van der Waals surface area contributed by atoms with Crippen molar-refractivity contribution in [2.45, 2.75) is 25.9 Å². The van der Waals surface area contributed by atoms with E-state index in [0.29, 0.717) is 6.54 Å². The summed E-state index contributed by atoms with van der Waals surface area (Å²) in [4.78, 5) is 0. The predicted octanol–water partition coefficient (Wildman–Crippen LogP) is 3.75. The molecule has 1 nitrogen and oxygen atoms in total. The molecule has 0 aliphatic carbocycles. The van der Waals surface area contributed by atoms with E-state index in [4.69, 9.17) is 0 Å². The third-order valence-corrected chi connectivity index (χ3v) is 1.98. The SMILES string of the molecule is Cc1cccc(NCCCC(F)(F)F)c1. The number of nitrogens with one attached hydrogen (secondary N) is 1. The first-order chi connectivity index (χ1) is 6.97. The molecule has 0 amide bonds. The second-order valence-corrected chi connectivity index (χ2v) is 3.51. The Morgan fingerprint density at radius 3 is 2.60 bits per heavy atom. The first-order valence-electron chi connectivity index (χ1n) is 4.85. The van der Waals surface area contributed by atoms with Crippen LogP contribution in [0.15, 0.2) is 24.3 Å². The molecule has 0 atom stereocenters. The van der Waals surface area contributed by atoms with Crippen molar-refractivity contribution in [3.63, 3.8) is 0 Å². The van der Waals surface area contributed by atoms with E-state index in [1.807, 2.05) is 31.2 Å². The Labute approximate surface area is 87.3 Å². The third-order valence-electron chi connectivity index (χ3n) is 1.98. The van der Waals surface area contributed by atoms with Gasteiger partial charge >= 0.3 is 6.18 Å². The summed E-state index contributed by atoms with van der Waals surface area (Å²) in [5, 5.41) is 2.96. The topological polar surface area (TPSA) is 12.0 Å². The lowest BCUT2D eigenvalue weighted by Crippen LogP contribution is -2.10. The quantitative estimate of drug-likeness (QED) is 0.757. The molecule has 1 rings (SSSR count). The molecular formula is C11H14F3N. The van der Waals surface area contributed by atoms with E-state index < -0.39 is 12.6 Å². The zero-order chi connectivity index (χ0) is 11.3. The van der Waals surface area contributed by atoms with Crippen LogP contribution in [0.3, 0.4) is 0 Å². The van der Waals surface area contributed by atoms with Crippen LogP contribution in [0, 0.1) is 6.92 Å². The lowest BCUT2D eigenvalue weighted by Gasteiger charge is -2.08. The van der Waals surface area contributed by atoms with Gasteiger partial charge in [-0.2, -0.15) is 13.2 Å². The van der Waals surface area contributed by atoms with Crippen molar-refractivity contribution in [1.82, 2.24) is 0 Å². The highest BCUT2D eigenvalue weighted by Gasteiger charge is 2.25. The summed E-state index contributed by atoms with van der Waals surface area (Å²) in [6, 6.07) is 7.58. The summed E-state index contributed by atoms with van der Waals surface area (Å²) in [5.74, 6) is 0.